The number of hydrogen-bond donors (Lipinski definition) is 1. The van der Waals surface area contributed by atoms with Gasteiger partial charge in [0, 0.05) is 12.6 Å². The predicted molar refractivity (Wildman–Crippen MR) is 81.1 cm³/mol. The lowest BCUT2D eigenvalue weighted by molar-refractivity contribution is -0.189. The molecule has 26 heavy (non-hydrogen) atoms. The molecule has 1 aliphatic heterocycles. The number of hydrogen-bond acceptors (Lipinski definition) is 2. The molecule has 1 heterocycles. The van der Waals surface area contributed by atoms with Crippen molar-refractivity contribution >= 4 is 18.3 Å². The highest BCUT2D eigenvalue weighted by atomic mass is 35.5. The largest absolute Gasteiger partial charge is 0.471 e. The Hall–Kier alpha value is -1.55. The van der Waals surface area contributed by atoms with Gasteiger partial charge in [-0.15, -0.1) is 12.4 Å². The Morgan fingerprint density at radius 2 is 1.69 bits per heavy atom. The van der Waals surface area contributed by atoms with Crippen LogP contribution >= 0.6 is 12.4 Å². The molecule has 0 bridgehead atoms. The van der Waals surface area contributed by atoms with E-state index in [-0.39, 0.29) is 31.3 Å². The fourth-order valence-electron chi connectivity index (χ4n) is 2.78. The quantitative estimate of drug-likeness (QED) is 0.769. The fraction of sp³-hybridized carbons (Fsp3) is 0.533. The van der Waals surface area contributed by atoms with E-state index in [0.29, 0.717) is 18.0 Å². The molecule has 1 fully saturated rings. The molecule has 0 radical (unpaired) electrons. The van der Waals surface area contributed by atoms with Crippen LogP contribution in [0, 0.1) is 5.82 Å². The third-order valence-electron chi connectivity index (χ3n) is 3.97. The number of amides is 1. The van der Waals surface area contributed by atoms with Gasteiger partial charge in [-0.1, -0.05) is 6.07 Å². The van der Waals surface area contributed by atoms with Gasteiger partial charge >= 0.3 is 18.3 Å². The van der Waals surface area contributed by atoms with Crippen molar-refractivity contribution in [3.63, 3.8) is 0 Å². The van der Waals surface area contributed by atoms with Crippen molar-refractivity contribution in [3.8, 4) is 0 Å². The summed E-state index contributed by atoms with van der Waals surface area (Å²) in [6.07, 6.45) is -9.78. The van der Waals surface area contributed by atoms with Crippen molar-refractivity contribution in [2.24, 2.45) is 0 Å². The molecule has 0 saturated carbocycles. The van der Waals surface area contributed by atoms with E-state index >= 15 is 0 Å². The number of benzene rings is 1. The van der Waals surface area contributed by atoms with Gasteiger partial charge < -0.3 is 10.2 Å². The summed E-state index contributed by atoms with van der Waals surface area (Å²) in [5.74, 6) is -3.36. The molecule has 0 spiro atoms. The van der Waals surface area contributed by atoms with Crippen LogP contribution in [-0.2, 0) is 17.5 Å². The molecule has 11 heteroatoms. The van der Waals surface area contributed by atoms with Gasteiger partial charge in [0.25, 0.3) is 0 Å². The van der Waals surface area contributed by atoms with E-state index in [0.717, 1.165) is 12.1 Å². The second-order valence-electron chi connectivity index (χ2n) is 5.71. The number of nitrogens with one attached hydrogen (secondary N) is 1. The minimum absolute atomic E-state index is 0. The lowest BCUT2D eigenvalue weighted by Crippen LogP contribution is -2.50. The zero-order valence-electron chi connectivity index (χ0n) is 13.3. The van der Waals surface area contributed by atoms with Gasteiger partial charge in [-0.25, -0.2) is 4.39 Å². The third-order valence-corrected chi connectivity index (χ3v) is 3.97. The highest BCUT2D eigenvalue weighted by molar-refractivity contribution is 5.85. The van der Waals surface area contributed by atoms with Gasteiger partial charge in [0.1, 0.15) is 5.82 Å². The molecule has 0 aliphatic carbocycles. The van der Waals surface area contributed by atoms with Crippen LogP contribution < -0.4 is 5.32 Å². The van der Waals surface area contributed by atoms with E-state index in [9.17, 15) is 35.5 Å². The topological polar surface area (TPSA) is 32.3 Å². The lowest BCUT2D eigenvalue weighted by atomic mass is 10.0. The van der Waals surface area contributed by atoms with E-state index in [1.165, 1.54) is 0 Å². The summed E-state index contributed by atoms with van der Waals surface area (Å²) in [5, 5.41) is 2.91. The minimum Gasteiger partial charge on any atom is -0.327 e. The van der Waals surface area contributed by atoms with E-state index in [2.05, 4.69) is 5.32 Å². The van der Waals surface area contributed by atoms with Gasteiger partial charge in [-0.05, 0) is 43.6 Å². The number of piperidine rings is 1. The van der Waals surface area contributed by atoms with Crippen molar-refractivity contribution in [2.75, 3.05) is 13.1 Å². The second-order valence-corrected chi connectivity index (χ2v) is 5.71. The van der Waals surface area contributed by atoms with Crippen molar-refractivity contribution in [3.05, 3.63) is 35.1 Å². The molecular weight excluding hydrogens is 393 g/mol. The van der Waals surface area contributed by atoms with Gasteiger partial charge in [-0.2, -0.15) is 26.3 Å². The van der Waals surface area contributed by atoms with Crippen LogP contribution in [-0.4, -0.2) is 36.1 Å². The van der Waals surface area contributed by atoms with Crippen LogP contribution in [0.5, 0.6) is 0 Å². The molecule has 1 aromatic rings. The van der Waals surface area contributed by atoms with Gasteiger partial charge in [-0.3, -0.25) is 4.79 Å². The molecule has 1 aromatic carbocycles. The summed E-state index contributed by atoms with van der Waals surface area (Å²) in [6, 6.07) is 0.856. The Bertz CT molecular complexity index is 627. The van der Waals surface area contributed by atoms with Crippen LogP contribution in [0.3, 0.4) is 0 Å². The van der Waals surface area contributed by atoms with Crippen LogP contribution in [0.2, 0.25) is 0 Å². The van der Waals surface area contributed by atoms with E-state index in [1.54, 1.807) is 0 Å². The Morgan fingerprint density at radius 1 is 1.12 bits per heavy atom. The summed E-state index contributed by atoms with van der Waals surface area (Å²) in [7, 11) is 0. The average Bonchev–Trinajstić information content (AvgIpc) is 2.52. The summed E-state index contributed by atoms with van der Waals surface area (Å²) in [4.78, 5) is 12.1. The fourth-order valence-corrected chi connectivity index (χ4v) is 2.78. The summed E-state index contributed by atoms with van der Waals surface area (Å²) >= 11 is 0. The SMILES string of the molecule is Cl.O=C(N(Cc1ccc(F)cc1C(F)(F)F)C1CCNCC1)C(F)(F)F. The van der Waals surface area contributed by atoms with E-state index in [4.69, 9.17) is 0 Å². The monoisotopic (exact) mass is 408 g/mol. The molecule has 1 amide bonds. The molecule has 0 atom stereocenters. The number of rotatable bonds is 3. The molecule has 1 aliphatic rings. The van der Waals surface area contributed by atoms with Gasteiger partial charge in [0.15, 0.2) is 0 Å². The summed E-state index contributed by atoms with van der Waals surface area (Å²) < 4.78 is 90.9. The number of alkyl halides is 6. The Balaban J connectivity index is 0.00000338. The zero-order valence-corrected chi connectivity index (χ0v) is 14.1. The first-order valence-electron chi connectivity index (χ1n) is 7.44. The van der Waals surface area contributed by atoms with Gasteiger partial charge in [0.2, 0.25) is 0 Å². The van der Waals surface area contributed by atoms with E-state index in [1.807, 2.05) is 0 Å². The van der Waals surface area contributed by atoms with Crippen LogP contribution in [0.25, 0.3) is 0 Å². The van der Waals surface area contributed by atoms with Crippen LogP contribution in [0.1, 0.15) is 24.0 Å². The second kappa shape index (κ2) is 8.43. The first kappa shape index (κ1) is 22.5. The maximum atomic E-state index is 13.1. The average molecular weight is 409 g/mol. The van der Waals surface area contributed by atoms with E-state index < -0.39 is 47.8 Å². The zero-order chi connectivity index (χ0) is 18.8. The normalized spacial score (nSPS) is 16.1. The Kier molecular flexibility index (Phi) is 7.29. The molecule has 1 saturated heterocycles. The lowest BCUT2D eigenvalue weighted by Gasteiger charge is -2.35. The Labute approximate surface area is 150 Å². The van der Waals surface area contributed by atoms with Crippen molar-refractivity contribution in [1.82, 2.24) is 10.2 Å². The standard InChI is InChI=1S/C15H15F7N2O.ClH/c16-10-2-1-9(12(7-10)14(17,18)19)8-24(13(25)15(20,21)22)11-3-5-23-6-4-11;/h1-2,7,11,23H,3-6,8H2;1H. The molecule has 148 valence electrons. The first-order valence-corrected chi connectivity index (χ1v) is 7.44. The maximum Gasteiger partial charge on any atom is 0.471 e. The number of carbonyl (C=O) groups excluding carboxylic acids is 1. The Morgan fingerprint density at radius 3 is 2.19 bits per heavy atom. The number of carbonyl (C=O) groups is 1. The van der Waals surface area contributed by atoms with Crippen molar-refractivity contribution in [2.45, 2.75) is 37.8 Å². The van der Waals surface area contributed by atoms with Crippen LogP contribution in [0.15, 0.2) is 18.2 Å². The summed E-state index contributed by atoms with van der Waals surface area (Å²) in [6.45, 7) is -0.193. The molecule has 2 rings (SSSR count). The molecule has 0 aromatic heterocycles. The molecule has 0 unspecified atom stereocenters. The highest BCUT2D eigenvalue weighted by Crippen LogP contribution is 2.34. The molecular formula is C15H16ClF7N2O. The number of halogens is 8. The predicted octanol–water partition coefficient (Wildman–Crippen LogP) is 3.91. The number of nitrogens with zero attached hydrogens (tertiary/aromatic N) is 1. The highest BCUT2D eigenvalue weighted by Gasteiger charge is 2.45. The maximum absolute atomic E-state index is 13.1. The van der Waals surface area contributed by atoms with Crippen molar-refractivity contribution < 1.29 is 35.5 Å². The van der Waals surface area contributed by atoms with Crippen molar-refractivity contribution in [1.29, 1.82) is 0 Å². The minimum atomic E-state index is -5.21. The van der Waals surface area contributed by atoms with Gasteiger partial charge in [0.05, 0.1) is 5.56 Å². The summed E-state index contributed by atoms with van der Waals surface area (Å²) in [5.41, 5.74) is -1.97. The molecule has 1 N–H and O–H groups in total. The molecule has 3 nitrogen and oxygen atoms in total. The smallest absolute Gasteiger partial charge is 0.327 e. The van der Waals surface area contributed by atoms with Crippen LogP contribution in [0.4, 0.5) is 30.7 Å². The first-order chi connectivity index (χ1) is 11.5. The third kappa shape index (κ3) is 5.47.